The fourth-order valence-electron chi connectivity index (χ4n) is 2.15. The number of aryl methyl sites for hydroxylation is 2. The highest BCUT2D eigenvalue weighted by atomic mass is 19.1. The molecule has 0 fully saturated rings. The molecule has 0 spiro atoms. The quantitative estimate of drug-likeness (QED) is 0.921. The molecule has 1 unspecified atom stereocenters. The van der Waals surface area contributed by atoms with Gasteiger partial charge in [0, 0.05) is 12.6 Å². The molecule has 0 radical (unpaired) electrons. The molecule has 5 heteroatoms. The van der Waals surface area contributed by atoms with E-state index in [1.165, 1.54) is 12.1 Å². The molecule has 0 aliphatic rings. The zero-order chi connectivity index (χ0) is 14.0. The summed E-state index contributed by atoms with van der Waals surface area (Å²) >= 11 is 0. The van der Waals surface area contributed by atoms with Crippen molar-refractivity contribution in [2.24, 2.45) is 7.05 Å². The SMILES string of the molecule is CCNC(c1c(F)ccc(C)c1F)c1cncn1C. The van der Waals surface area contributed by atoms with Crippen molar-refractivity contribution in [2.75, 3.05) is 6.54 Å². The van der Waals surface area contributed by atoms with Crippen LogP contribution in [0.1, 0.15) is 29.8 Å². The first kappa shape index (κ1) is 13.7. The van der Waals surface area contributed by atoms with E-state index in [4.69, 9.17) is 0 Å². The number of benzene rings is 1. The van der Waals surface area contributed by atoms with Crippen molar-refractivity contribution >= 4 is 0 Å². The molecule has 1 atom stereocenters. The summed E-state index contributed by atoms with van der Waals surface area (Å²) in [4.78, 5) is 4.01. The van der Waals surface area contributed by atoms with Gasteiger partial charge >= 0.3 is 0 Å². The Bertz CT molecular complexity index is 578. The van der Waals surface area contributed by atoms with E-state index in [0.717, 1.165) is 5.69 Å². The lowest BCUT2D eigenvalue weighted by Crippen LogP contribution is -2.26. The highest BCUT2D eigenvalue weighted by Crippen LogP contribution is 2.28. The first-order valence-electron chi connectivity index (χ1n) is 6.20. The van der Waals surface area contributed by atoms with Gasteiger partial charge in [0.2, 0.25) is 0 Å². The number of hydrogen-bond acceptors (Lipinski definition) is 2. The molecule has 1 heterocycles. The lowest BCUT2D eigenvalue weighted by Gasteiger charge is -2.20. The second kappa shape index (κ2) is 5.48. The maximum absolute atomic E-state index is 14.2. The Morgan fingerprint density at radius 3 is 2.68 bits per heavy atom. The zero-order valence-electron chi connectivity index (χ0n) is 11.2. The molecule has 0 bridgehead atoms. The van der Waals surface area contributed by atoms with Crippen LogP contribution in [0, 0.1) is 18.6 Å². The molecule has 3 nitrogen and oxygen atoms in total. The standard InChI is InChI=1S/C14H17F2N3/c1-4-18-14(11-7-17-8-19(11)3)12-10(15)6-5-9(2)13(12)16/h5-8,14,18H,4H2,1-3H3. The maximum atomic E-state index is 14.2. The van der Waals surface area contributed by atoms with Gasteiger partial charge in [-0.3, -0.25) is 0 Å². The minimum Gasteiger partial charge on any atom is -0.336 e. The van der Waals surface area contributed by atoms with E-state index in [2.05, 4.69) is 10.3 Å². The van der Waals surface area contributed by atoms with Crippen LogP contribution in [0.5, 0.6) is 0 Å². The van der Waals surface area contributed by atoms with Crippen LogP contribution in [0.25, 0.3) is 0 Å². The van der Waals surface area contributed by atoms with Crippen LogP contribution in [0.3, 0.4) is 0 Å². The summed E-state index contributed by atoms with van der Waals surface area (Å²) in [7, 11) is 1.80. The highest BCUT2D eigenvalue weighted by Gasteiger charge is 2.24. The minimum atomic E-state index is -0.546. The third kappa shape index (κ3) is 2.51. The van der Waals surface area contributed by atoms with Crippen molar-refractivity contribution in [3.63, 3.8) is 0 Å². The van der Waals surface area contributed by atoms with Crippen molar-refractivity contribution in [1.82, 2.24) is 14.9 Å². The van der Waals surface area contributed by atoms with Gasteiger partial charge in [0.25, 0.3) is 0 Å². The molecule has 1 aromatic heterocycles. The Kier molecular flexibility index (Phi) is 3.95. The molecule has 0 aliphatic heterocycles. The molecular formula is C14H17F2N3. The monoisotopic (exact) mass is 265 g/mol. The number of rotatable bonds is 4. The Hall–Kier alpha value is -1.75. The van der Waals surface area contributed by atoms with Crippen molar-refractivity contribution in [3.8, 4) is 0 Å². The fourth-order valence-corrected chi connectivity index (χ4v) is 2.15. The van der Waals surface area contributed by atoms with Crippen LogP contribution in [-0.4, -0.2) is 16.1 Å². The van der Waals surface area contributed by atoms with E-state index < -0.39 is 17.7 Å². The molecule has 19 heavy (non-hydrogen) atoms. The molecule has 2 rings (SSSR count). The van der Waals surface area contributed by atoms with E-state index in [0.29, 0.717) is 12.1 Å². The number of aromatic nitrogens is 2. The Morgan fingerprint density at radius 1 is 1.37 bits per heavy atom. The fraction of sp³-hybridized carbons (Fsp3) is 0.357. The van der Waals surface area contributed by atoms with Crippen LogP contribution < -0.4 is 5.32 Å². The van der Waals surface area contributed by atoms with Crippen LogP contribution in [-0.2, 0) is 7.05 Å². The summed E-state index contributed by atoms with van der Waals surface area (Å²) < 4.78 is 30.0. The van der Waals surface area contributed by atoms with Gasteiger partial charge in [-0.05, 0) is 25.1 Å². The van der Waals surface area contributed by atoms with Crippen molar-refractivity contribution < 1.29 is 8.78 Å². The second-order valence-corrected chi connectivity index (χ2v) is 4.51. The lowest BCUT2D eigenvalue weighted by atomic mass is 10.00. The number of imidazole rings is 1. The molecule has 0 aliphatic carbocycles. The molecule has 0 saturated carbocycles. The van der Waals surface area contributed by atoms with Crippen LogP contribution in [0.15, 0.2) is 24.7 Å². The lowest BCUT2D eigenvalue weighted by molar-refractivity contribution is 0.495. The number of nitrogens with zero attached hydrogens (tertiary/aromatic N) is 2. The molecule has 1 N–H and O–H groups in total. The van der Waals surface area contributed by atoms with Gasteiger partial charge < -0.3 is 9.88 Å². The van der Waals surface area contributed by atoms with Gasteiger partial charge in [0.05, 0.1) is 24.3 Å². The predicted octanol–water partition coefficient (Wildman–Crippen LogP) is 2.71. The first-order valence-corrected chi connectivity index (χ1v) is 6.20. The third-order valence-electron chi connectivity index (χ3n) is 3.17. The summed E-state index contributed by atoms with van der Waals surface area (Å²) in [5.41, 5.74) is 1.21. The first-order chi connectivity index (χ1) is 9.06. The normalized spacial score (nSPS) is 12.7. The van der Waals surface area contributed by atoms with Gasteiger partial charge in [-0.2, -0.15) is 0 Å². The summed E-state index contributed by atoms with van der Waals surface area (Å²) in [6.45, 7) is 4.13. The molecule has 102 valence electrons. The third-order valence-corrected chi connectivity index (χ3v) is 3.17. The largest absolute Gasteiger partial charge is 0.336 e. The minimum absolute atomic E-state index is 0.0467. The summed E-state index contributed by atoms with van der Waals surface area (Å²) in [6.07, 6.45) is 3.24. The Balaban J connectivity index is 2.57. The average molecular weight is 265 g/mol. The topological polar surface area (TPSA) is 29.9 Å². The van der Waals surface area contributed by atoms with Crippen molar-refractivity contribution in [2.45, 2.75) is 19.9 Å². The summed E-state index contributed by atoms with van der Waals surface area (Å²) in [5.74, 6) is -1.05. The Labute approximate surface area is 111 Å². The number of nitrogens with one attached hydrogen (secondary N) is 1. The predicted molar refractivity (Wildman–Crippen MR) is 69.8 cm³/mol. The average Bonchev–Trinajstić information content (AvgIpc) is 2.79. The van der Waals surface area contributed by atoms with Gasteiger partial charge in [0.1, 0.15) is 11.6 Å². The Morgan fingerprint density at radius 2 is 2.11 bits per heavy atom. The van der Waals surface area contributed by atoms with Crippen molar-refractivity contribution in [1.29, 1.82) is 0 Å². The van der Waals surface area contributed by atoms with Crippen LogP contribution in [0.4, 0.5) is 8.78 Å². The smallest absolute Gasteiger partial charge is 0.134 e. The van der Waals surface area contributed by atoms with Crippen LogP contribution in [0.2, 0.25) is 0 Å². The van der Waals surface area contributed by atoms with E-state index in [1.807, 2.05) is 6.92 Å². The van der Waals surface area contributed by atoms with E-state index >= 15 is 0 Å². The van der Waals surface area contributed by atoms with Gasteiger partial charge in [-0.1, -0.05) is 13.0 Å². The molecule has 1 aromatic carbocycles. The molecule has 0 amide bonds. The highest BCUT2D eigenvalue weighted by molar-refractivity contribution is 5.34. The molecule has 0 saturated heterocycles. The number of hydrogen-bond donors (Lipinski definition) is 1. The summed E-state index contributed by atoms with van der Waals surface area (Å²) in [5, 5.41) is 3.11. The zero-order valence-corrected chi connectivity index (χ0v) is 11.2. The van der Waals surface area contributed by atoms with Crippen LogP contribution >= 0.6 is 0 Å². The van der Waals surface area contributed by atoms with Gasteiger partial charge in [0.15, 0.2) is 0 Å². The van der Waals surface area contributed by atoms with E-state index in [1.54, 1.807) is 31.1 Å². The van der Waals surface area contributed by atoms with Crippen molar-refractivity contribution in [3.05, 3.63) is 53.1 Å². The van der Waals surface area contributed by atoms with E-state index in [-0.39, 0.29) is 5.56 Å². The van der Waals surface area contributed by atoms with Gasteiger partial charge in [-0.15, -0.1) is 0 Å². The molecular weight excluding hydrogens is 248 g/mol. The van der Waals surface area contributed by atoms with E-state index in [9.17, 15) is 8.78 Å². The molecule has 2 aromatic rings. The maximum Gasteiger partial charge on any atom is 0.134 e. The second-order valence-electron chi connectivity index (χ2n) is 4.51. The summed E-state index contributed by atoms with van der Waals surface area (Å²) in [6, 6.07) is 2.20. The van der Waals surface area contributed by atoms with Gasteiger partial charge in [-0.25, -0.2) is 13.8 Å². The number of halogens is 2.